The van der Waals surface area contributed by atoms with Crippen LogP contribution in [0, 0.1) is 10.1 Å². The van der Waals surface area contributed by atoms with Crippen LogP contribution in [0.1, 0.15) is 0 Å². The van der Waals surface area contributed by atoms with Crippen LogP contribution in [0.15, 0.2) is 42.7 Å². The van der Waals surface area contributed by atoms with E-state index >= 15 is 0 Å². The van der Waals surface area contributed by atoms with Crippen molar-refractivity contribution in [3.63, 3.8) is 0 Å². The normalized spacial score (nSPS) is 11.0. The largest absolute Gasteiger partial charge is 0.327 e. The lowest BCUT2D eigenvalue weighted by Crippen LogP contribution is -1.98. The van der Waals surface area contributed by atoms with E-state index in [9.17, 15) is 10.1 Å². The molecule has 0 amide bonds. The fraction of sp³-hybridized carbons (Fsp3) is 0.167. The van der Waals surface area contributed by atoms with E-state index in [4.69, 9.17) is 5.73 Å². The lowest BCUT2D eigenvalue weighted by atomic mass is 10.2. The monoisotopic (exact) mass is 259 g/mol. The van der Waals surface area contributed by atoms with Crippen molar-refractivity contribution in [1.82, 2.24) is 14.8 Å². The van der Waals surface area contributed by atoms with Crippen molar-refractivity contribution in [3.05, 3.63) is 52.9 Å². The average Bonchev–Trinajstić information content (AvgIpc) is 2.88. The third-order valence-electron chi connectivity index (χ3n) is 2.45. The Morgan fingerprint density at radius 3 is 3.00 bits per heavy atom. The molecule has 0 radical (unpaired) electrons. The molecule has 2 aromatic rings. The minimum atomic E-state index is -0.440. The minimum absolute atomic E-state index is 0.0249. The molecule has 1 heterocycles. The molecule has 0 saturated heterocycles. The zero-order valence-electron chi connectivity index (χ0n) is 10.1. The van der Waals surface area contributed by atoms with Crippen molar-refractivity contribution in [3.8, 4) is 11.4 Å². The number of allylic oxidation sites excluding steroid dienone is 1. The molecule has 0 aliphatic rings. The first kappa shape index (κ1) is 12.9. The summed E-state index contributed by atoms with van der Waals surface area (Å²) >= 11 is 0. The lowest BCUT2D eigenvalue weighted by molar-refractivity contribution is -0.384. The summed E-state index contributed by atoms with van der Waals surface area (Å²) in [4.78, 5) is 14.4. The Kier molecular flexibility index (Phi) is 3.99. The quantitative estimate of drug-likeness (QED) is 0.496. The maximum atomic E-state index is 10.7. The van der Waals surface area contributed by atoms with E-state index in [0.29, 0.717) is 24.5 Å². The second-order valence-electron chi connectivity index (χ2n) is 3.80. The summed E-state index contributed by atoms with van der Waals surface area (Å²) in [5.74, 6) is 0.463. The Hall–Kier alpha value is -2.54. The van der Waals surface area contributed by atoms with Crippen LogP contribution in [-0.2, 0) is 6.54 Å². The Labute approximate surface area is 109 Å². The first-order chi connectivity index (χ1) is 9.20. The third kappa shape index (κ3) is 3.23. The first-order valence-corrected chi connectivity index (χ1v) is 5.70. The van der Waals surface area contributed by atoms with E-state index < -0.39 is 4.92 Å². The fourth-order valence-electron chi connectivity index (χ4n) is 1.55. The van der Waals surface area contributed by atoms with Crippen LogP contribution in [0.25, 0.3) is 11.4 Å². The van der Waals surface area contributed by atoms with E-state index in [1.807, 2.05) is 12.2 Å². The van der Waals surface area contributed by atoms with Gasteiger partial charge in [0.05, 0.1) is 11.5 Å². The molecule has 0 aliphatic carbocycles. The van der Waals surface area contributed by atoms with Crippen molar-refractivity contribution in [1.29, 1.82) is 0 Å². The van der Waals surface area contributed by atoms with Gasteiger partial charge in [-0.05, 0) is 0 Å². The number of nitro groups is 1. The van der Waals surface area contributed by atoms with Gasteiger partial charge in [-0.3, -0.25) is 10.1 Å². The molecule has 1 aromatic carbocycles. The van der Waals surface area contributed by atoms with E-state index in [1.165, 1.54) is 12.1 Å². The lowest BCUT2D eigenvalue weighted by Gasteiger charge is -1.96. The van der Waals surface area contributed by atoms with Gasteiger partial charge in [-0.15, -0.1) is 0 Å². The highest BCUT2D eigenvalue weighted by Gasteiger charge is 2.09. The molecule has 0 unspecified atom stereocenters. The van der Waals surface area contributed by atoms with Gasteiger partial charge in [0.15, 0.2) is 5.82 Å². The number of hydrogen-bond donors (Lipinski definition) is 1. The van der Waals surface area contributed by atoms with Crippen LogP contribution in [0.5, 0.6) is 0 Å². The molecule has 2 N–H and O–H groups in total. The topological polar surface area (TPSA) is 99.9 Å². The van der Waals surface area contributed by atoms with Gasteiger partial charge < -0.3 is 5.73 Å². The fourth-order valence-corrected chi connectivity index (χ4v) is 1.55. The summed E-state index contributed by atoms with van der Waals surface area (Å²) in [5, 5.41) is 14.9. The molecular weight excluding hydrogens is 246 g/mol. The van der Waals surface area contributed by atoms with Crippen molar-refractivity contribution >= 4 is 5.69 Å². The van der Waals surface area contributed by atoms with E-state index in [0.717, 1.165) is 0 Å². The van der Waals surface area contributed by atoms with Crippen molar-refractivity contribution < 1.29 is 4.92 Å². The number of nitrogens with zero attached hydrogens (tertiary/aromatic N) is 4. The molecule has 0 saturated carbocycles. The number of hydrogen-bond acceptors (Lipinski definition) is 5. The van der Waals surface area contributed by atoms with Gasteiger partial charge in [-0.2, -0.15) is 5.10 Å². The molecule has 0 atom stereocenters. The Morgan fingerprint density at radius 1 is 1.42 bits per heavy atom. The molecule has 0 fully saturated rings. The number of nitrogens with two attached hydrogens (primary N) is 1. The summed E-state index contributed by atoms with van der Waals surface area (Å²) in [6.45, 7) is 1.05. The number of nitro benzene ring substituents is 1. The number of non-ortho nitro benzene ring substituents is 1. The first-order valence-electron chi connectivity index (χ1n) is 5.70. The zero-order valence-corrected chi connectivity index (χ0v) is 10.1. The predicted octanol–water partition coefficient (Wildman–Crippen LogP) is 1.37. The molecule has 0 spiro atoms. The molecule has 98 valence electrons. The summed E-state index contributed by atoms with van der Waals surface area (Å²) in [5.41, 5.74) is 5.98. The van der Waals surface area contributed by atoms with Crippen LogP contribution in [0.4, 0.5) is 5.69 Å². The van der Waals surface area contributed by atoms with E-state index in [1.54, 1.807) is 23.1 Å². The van der Waals surface area contributed by atoms with Gasteiger partial charge >= 0.3 is 0 Å². The van der Waals surface area contributed by atoms with Crippen molar-refractivity contribution in [2.45, 2.75) is 6.54 Å². The Bertz CT molecular complexity index is 606. The van der Waals surface area contributed by atoms with Gasteiger partial charge in [0.2, 0.25) is 0 Å². The Morgan fingerprint density at radius 2 is 2.26 bits per heavy atom. The van der Waals surface area contributed by atoms with Crippen molar-refractivity contribution in [2.75, 3.05) is 6.54 Å². The van der Waals surface area contributed by atoms with Crippen LogP contribution >= 0.6 is 0 Å². The van der Waals surface area contributed by atoms with Gasteiger partial charge in [0.1, 0.15) is 6.33 Å². The third-order valence-corrected chi connectivity index (χ3v) is 2.45. The van der Waals surface area contributed by atoms with Crippen LogP contribution < -0.4 is 5.73 Å². The molecule has 1 aromatic heterocycles. The second kappa shape index (κ2) is 5.87. The highest BCUT2D eigenvalue weighted by Crippen LogP contribution is 2.20. The molecule has 7 heteroatoms. The van der Waals surface area contributed by atoms with Crippen LogP contribution in [0.3, 0.4) is 0 Å². The second-order valence-corrected chi connectivity index (χ2v) is 3.80. The highest BCUT2D eigenvalue weighted by atomic mass is 16.6. The minimum Gasteiger partial charge on any atom is -0.327 e. The van der Waals surface area contributed by atoms with Gasteiger partial charge in [-0.25, -0.2) is 9.67 Å². The van der Waals surface area contributed by atoms with Gasteiger partial charge in [0, 0.05) is 24.2 Å². The maximum absolute atomic E-state index is 10.7. The Balaban J connectivity index is 2.20. The predicted molar refractivity (Wildman–Crippen MR) is 70.3 cm³/mol. The summed E-state index contributed by atoms with van der Waals surface area (Å²) in [7, 11) is 0. The summed E-state index contributed by atoms with van der Waals surface area (Å²) in [6.07, 6.45) is 5.29. The molecule has 0 bridgehead atoms. The molecular formula is C12H13N5O2. The molecule has 7 nitrogen and oxygen atoms in total. The SMILES string of the molecule is NC/C=C/Cn1cnc(-c2cccc([N+](=O)[O-])c2)n1. The number of rotatable bonds is 5. The summed E-state index contributed by atoms with van der Waals surface area (Å²) in [6, 6.07) is 6.24. The molecule has 0 aliphatic heterocycles. The van der Waals surface area contributed by atoms with Gasteiger partial charge in [-0.1, -0.05) is 24.3 Å². The summed E-state index contributed by atoms with van der Waals surface area (Å²) < 4.78 is 1.64. The molecule has 19 heavy (non-hydrogen) atoms. The van der Waals surface area contributed by atoms with Crippen molar-refractivity contribution in [2.24, 2.45) is 5.73 Å². The molecule has 2 rings (SSSR count). The van der Waals surface area contributed by atoms with Crippen LogP contribution in [0.2, 0.25) is 0 Å². The standard InChI is InChI=1S/C12H13N5O2/c13-6-1-2-7-16-9-14-12(15-16)10-4-3-5-11(8-10)17(18)19/h1-5,8-9H,6-7,13H2/b2-1+. The van der Waals surface area contributed by atoms with E-state index in [-0.39, 0.29) is 5.69 Å². The number of aromatic nitrogens is 3. The average molecular weight is 259 g/mol. The van der Waals surface area contributed by atoms with E-state index in [2.05, 4.69) is 10.1 Å². The van der Waals surface area contributed by atoms with Gasteiger partial charge in [0.25, 0.3) is 5.69 Å². The highest BCUT2D eigenvalue weighted by molar-refractivity contribution is 5.58. The number of benzene rings is 1. The van der Waals surface area contributed by atoms with Crippen LogP contribution in [-0.4, -0.2) is 26.2 Å². The zero-order chi connectivity index (χ0) is 13.7. The smallest absolute Gasteiger partial charge is 0.270 e. The maximum Gasteiger partial charge on any atom is 0.270 e.